The highest BCUT2D eigenvalue weighted by Gasteiger charge is 2.54. The minimum Gasteiger partial charge on any atom is -0.324 e. The first-order valence-electron chi connectivity index (χ1n) is 10.4. The highest BCUT2D eigenvalue weighted by atomic mass is 32.2. The monoisotopic (exact) mass is 452 g/mol. The third kappa shape index (κ3) is 3.80. The molecule has 0 aromatic carbocycles. The van der Waals surface area contributed by atoms with Crippen molar-refractivity contribution in [3.05, 3.63) is 27.9 Å². The Hall–Kier alpha value is -1.78. The number of nitrogens with zero attached hydrogens (tertiary/aromatic N) is 4. The number of thiazole rings is 1. The van der Waals surface area contributed by atoms with Crippen LogP contribution in [-0.2, 0) is 21.4 Å². The minimum absolute atomic E-state index is 0.101. The number of carbonyl (C=O) groups excluding carboxylic acids is 2. The second kappa shape index (κ2) is 8.05. The topological polar surface area (TPSA) is 90.9 Å². The van der Waals surface area contributed by atoms with Gasteiger partial charge in [-0.15, -0.1) is 11.3 Å². The molecule has 0 radical (unpaired) electrons. The van der Waals surface area contributed by atoms with Crippen LogP contribution in [0.3, 0.4) is 0 Å². The van der Waals surface area contributed by atoms with Crippen molar-refractivity contribution >= 4 is 33.2 Å². The molecule has 0 N–H and O–H groups in total. The summed E-state index contributed by atoms with van der Waals surface area (Å²) in [6, 6.07) is -0.563. The van der Waals surface area contributed by atoms with E-state index in [0.717, 1.165) is 35.2 Å². The number of piperidine rings is 1. The Morgan fingerprint density at radius 2 is 1.97 bits per heavy atom. The minimum atomic E-state index is -3.74. The maximum absolute atomic E-state index is 13.3. The van der Waals surface area contributed by atoms with Gasteiger partial charge in [-0.2, -0.15) is 0 Å². The van der Waals surface area contributed by atoms with Gasteiger partial charge in [0.2, 0.25) is 15.9 Å². The summed E-state index contributed by atoms with van der Waals surface area (Å²) in [6.45, 7) is 6.91. The van der Waals surface area contributed by atoms with Crippen LogP contribution in [0.15, 0.2) is 17.2 Å². The molecule has 0 unspecified atom stereocenters. The number of likely N-dealkylation sites (tertiary alicyclic amines) is 1. The van der Waals surface area contributed by atoms with Gasteiger partial charge >= 0.3 is 0 Å². The average molecular weight is 453 g/mol. The summed E-state index contributed by atoms with van der Waals surface area (Å²) >= 11 is 1.48. The van der Waals surface area contributed by atoms with Gasteiger partial charge in [-0.25, -0.2) is 17.7 Å². The number of hydrogen-bond donors (Lipinski definition) is 0. The molecule has 4 heterocycles. The number of amides is 2. The molecule has 30 heavy (non-hydrogen) atoms. The molecule has 2 amide bonds. The Labute approximate surface area is 181 Å². The van der Waals surface area contributed by atoms with Crippen molar-refractivity contribution in [1.29, 1.82) is 0 Å². The van der Waals surface area contributed by atoms with Gasteiger partial charge in [0.1, 0.15) is 10.7 Å². The first-order chi connectivity index (χ1) is 14.2. The van der Waals surface area contributed by atoms with E-state index in [4.69, 9.17) is 0 Å². The molecular weight excluding hydrogens is 424 g/mol. The molecule has 1 aromatic heterocycles. The van der Waals surface area contributed by atoms with Crippen molar-refractivity contribution in [3.63, 3.8) is 0 Å². The number of aromatic nitrogens is 1. The van der Waals surface area contributed by atoms with E-state index in [1.807, 2.05) is 13.8 Å². The molecule has 8 nitrogen and oxygen atoms in total. The van der Waals surface area contributed by atoms with Gasteiger partial charge in [0.15, 0.2) is 0 Å². The van der Waals surface area contributed by atoms with Crippen LogP contribution in [0.4, 0.5) is 0 Å². The maximum Gasteiger partial charge on any atom is 0.274 e. The molecule has 2 saturated heterocycles. The van der Waals surface area contributed by atoms with Crippen LogP contribution >= 0.6 is 11.3 Å². The van der Waals surface area contributed by atoms with E-state index in [2.05, 4.69) is 9.88 Å². The standard InChI is InChI=1S/C20H28N4O4S2/c1-13(2)17-18-15(24(20(17)26)30(3,27)28)7-10-23(18)19(25)14-12-29-16(21-14)11-22-8-5-4-6-9-22/h7,12-13,17-18H,4-6,8-11H2,1-3H3/t17-,18+/m0/s1. The highest BCUT2D eigenvalue weighted by Crippen LogP contribution is 2.41. The Morgan fingerprint density at radius 3 is 2.60 bits per heavy atom. The van der Waals surface area contributed by atoms with Crippen LogP contribution in [0, 0.1) is 11.8 Å². The number of rotatable bonds is 5. The van der Waals surface area contributed by atoms with Crippen molar-refractivity contribution in [2.24, 2.45) is 11.8 Å². The molecular formula is C20H28N4O4S2. The molecule has 3 aliphatic rings. The fraction of sp³-hybridized carbons (Fsp3) is 0.650. The molecule has 0 saturated carbocycles. The predicted octanol–water partition coefficient (Wildman–Crippen LogP) is 1.91. The van der Waals surface area contributed by atoms with Gasteiger partial charge in [-0.3, -0.25) is 14.5 Å². The quantitative estimate of drug-likeness (QED) is 0.678. The molecule has 3 aliphatic heterocycles. The van der Waals surface area contributed by atoms with Gasteiger partial charge in [0.25, 0.3) is 5.91 Å². The maximum atomic E-state index is 13.3. The van der Waals surface area contributed by atoms with E-state index in [0.29, 0.717) is 11.4 Å². The van der Waals surface area contributed by atoms with Crippen molar-refractivity contribution in [2.75, 3.05) is 25.9 Å². The van der Waals surface area contributed by atoms with Crippen LogP contribution in [0.25, 0.3) is 0 Å². The van der Waals surface area contributed by atoms with Crippen LogP contribution in [0.2, 0.25) is 0 Å². The molecule has 164 valence electrons. The van der Waals surface area contributed by atoms with Crippen LogP contribution in [0.5, 0.6) is 0 Å². The second-order valence-electron chi connectivity index (χ2n) is 8.63. The number of carbonyl (C=O) groups is 2. The SMILES string of the molecule is CC(C)[C@@H]1C(=O)N(S(C)(=O)=O)C2=CCN(C(=O)c3csc(CN4CCCCC4)n3)[C@H]21. The molecule has 10 heteroatoms. The van der Waals surface area contributed by atoms with Crippen LogP contribution in [0.1, 0.15) is 48.6 Å². The summed E-state index contributed by atoms with van der Waals surface area (Å²) in [6.07, 6.45) is 6.38. The largest absolute Gasteiger partial charge is 0.324 e. The first kappa shape index (κ1) is 21.5. The van der Waals surface area contributed by atoms with E-state index < -0.39 is 27.9 Å². The van der Waals surface area contributed by atoms with E-state index in [9.17, 15) is 18.0 Å². The van der Waals surface area contributed by atoms with E-state index >= 15 is 0 Å². The molecule has 4 rings (SSSR count). The zero-order chi connectivity index (χ0) is 21.6. The molecule has 1 aromatic rings. The van der Waals surface area contributed by atoms with Gasteiger partial charge in [-0.1, -0.05) is 20.3 Å². The predicted molar refractivity (Wildman–Crippen MR) is 114 cm³/mol. The van der Waals surface area contributed by atoms with E-state index in [1.165, 1.54) is 30.6 Å². The number of hydrogen-bond acceptors (Lipinski definition) is 7. The number of fused-ring (bicyclic) bond motifs is 1. The Morgan fingerprint density at radius 1 is 1.27 bits per heavy atom. The summed E-state index contributed by atoms with van der Waals surface area (Å²) in [4.78, 5) is 34.7. The zero-order valence-corrected chi connectivity index (χ0v) is 19.2. The Kier molecular flexibility index (Phi) is 5.75. The van der Waals surface area contributed by atoms with Gasteiger partial charge in [-0.05, 0) is 37.9 Å². The molecule has 0 aliphatic carbocycles. The van der Waals surface area contributed by atoms with Crippen molar-refractivity contribution in [2.45, 2.75) is 45.7 Å². The molecule has 0 bridgehead atoms. The average Bonchev–Trinajstić information content (AvgIpc) is 3.35. The second-order valence-corrected chi connectivity index (χ2v) is 11.4. The van der Waals surface area contributed by atoms with Crippen LogP contribution < -0.4 is 0 Å². The summed E-state index contributed by atoms with van der Waals surface area (Å²) in [5.74, 6) is -1.38. The highest BCUT2D eigenvalue weighted by molar-refractivity contribution is 7.89. The van der Waals surface area contributed by atoms with Crippen LogP contribution in [-0.4, -0.2) is 71.3 Å². The lowest BCUT2D eigenvalue weighted by Crippen LogP contribution is -2.43. The third-order valence-electron chi connectivity index (χ3n) is 6.09. The Bertz CT molecular complexity index is 979. The lowest BCUT2D eigenvalue weighted by molar-refractivity contribution is -0.128. The van der Waals surface area contributed by atoms with E-state index in [-0.39, 0.29) is 18.4 Å². The normalized spacial score (nSPS) is 25.2. The van der Waals surface area contributed by atoms with Gasteiger partial charge in [0.05, 0.1) is 30.5 Å². The summed E-state index contributed by atoms with van der Waals surface area (Å²) < 4.78 is 25.4. The van der Waals surface area contributed by atoms with Crippen molar-refractivity contribution in [1.82, 2.24) is 19.1 Å². The fourth-order valence-corrected chi connectivity index (χ4v) is 6.54. The number of sulfonamides is 1. The molecule has 0 spiro atoms. The third-order valence-corrected chi connectivity index (χ3v) is 7.97. The molecule has 2 fully saturated rings. The first-order valence-corrected chi connectivity index (χ1v) is 13.1. The summed E-state index contributed by atoms with van der Waals surface area (Å²) in [5, 5.41) is 2.68. The molecule has 2 atom stereocenters. The van der Waals surface area contributed by atoms with Gasteiger partial charge < -0.3 is 4.90 Å². The Balaban J connectivity index is 1.55. The van der Waals surface area contributed by atoms with Crippen molar-refractivity contribution in [3.8, 4) is 0 Å². The van der Waals surface area contributed by atoms with E-state index in [1.54, 1.807) is 16.4 Å². The van der Waals surface area contributed by atoms with Crippen molar-refractivity contribution < 1.29 is 18.0 Å². The summed E-state index contributed by atoms with van der Waals surface area (Å²) in [7, 11) is -3.74. The summed E-state index contributed by atoms with van der Waals surface area (Å²) in [5.41, 5.74) is 0.771. The van der Waals surface area contributed by atoms with Gasteiger partial charge in [0, 0.05) is 11.9 Å². The zero-order valence-electron chi connectivity index (χ0n) is 17.6. The fourth-order valence-electron chi connectivity index (χ4n) is 4.72. The lowest BCUT2D eigenvalue weighted by atomic mass is 9.89. The smallest absolute Gasteiger partial charge is 0.274 e. The lowest BCUT2D eigenvalue weighted by Gasteiger charge is -2.28.